The molecule has 104 valence electrons. The first-order chi connectivity index (χ1) is 9.02. The summed E-state index contributed by atoms with van der Waals surface area (Å²) >= 11 is 3.37. The smallest absolute Gasteiger partial charge is 0.253 e. The molecule has 0 bridgehead atoms. The number of nitrogens with two attached hydrogens (primary N) is 1. The zero-order valence-corrected chi connectivity index (χ0v) is 13.0. The van der Waals surface area contributed by atoms with Crippen LogP contribution in [0.4, 0.5) is 5.69 Å². The van der Waals surface area contributed by atoms with E-state index in [9.17, 15) is 4.79 Å². The van der Waals surface area contributed by atoms with Crippen molar-refractivity contribution in [1.29, 1.82) is 0 Å². The van der Waals surface area contributed by atoms with Gasteiger partial charge < -0.3 is 11.1 Å². The van der Waals surface area contributed by atoms with E-state index in [1.165, 1.54) is 12.8 Å². The normalized spacial score (nSPS) is 26.4. The van der Waals surface area contributed by atoms with Gasteiger partial charge in [-0.25, -0.2) is 0 Å². The van der Waals surface area contributed by atoms with Gasteiger partial charge in [0.15, 0.2) is 0 Å². The third-order valence-electron chi connectivity index (χ3n) is 4.33. The summed E-state index contributed by atoms with van der Waals surface area (Å²) in [7, 11) is 0. The molecular formula is C15H21BrN2O. The number of nitrogen functional groups attached to an aromatic ring is 1. The second-order valence-corrected chi connectivity index (χ2v) is 6.33. The number of carbonyl (C=O) groups excluding carboxylic acids is 1. The fraction of sp³-hybridized carbons (Fsp3) is 0.533. The molecule has 1 aromatic rings. The van der Waals surface area contributed by atoms with Crippen LogP contribution in [0.1, 0.15) is 43.5 Å². The second-order valence-electron chi connectivity index (χ2n) is 5.42. The van der Waals surface area contributed by atoms with Crippen molar-refractivity contribution in [2.75, 3.05) is 5.73 Å². The molecule has 1 aromatic carbocycles. The first-order valence-corrected chi connectivity index (χ1v) is 7.68. The standard InChI is InChI=1S/C15H21BrN2O/c1-3-10-4-7-14(9(10)2)18-15(19)12-8-11(16)5-6-13(12)17/h5-6,8-10,14H,3-4,7,17H2,1-2H3,(H,18,19). The molecule has 3 unspecified atom stereocenters. The third kappa shape index (κ3) is 3.11. The van der Waals surface area contributed by atoms with Crippen LogP contribution in [0.5, 0.6) is 0 Å². The topological polar surface area (TPSA) is 55.1 Å². The Kier molecular flexibility index (Phi) is 4.50. The van der Waals surface area contributed by atoms with Gasteiger partial charge in [-0.1, -0.05) is 36.2 Å². The van der Waals surface area contributed by atoms with Gasteiger partial charge in [0.05, 0.1) is 5.56 Å². The quantitative estimate of drug-likeness (QED) is 0.835. The Balaban J connectivity index is 2.07. The van der Waals surface area contributed by atoms with Crippen LogP contribution >= 0.6 is 15.9 Å². The van der Waals surface area contributed by atoms with Crippen molar-refractivity contribution in [3.05, 3.63) is 28.2 Å². The molecule has 2 rings (SSSR count). The lowest BCUT2D eigenvalue weighted by Crippen LogP contribution is -2.37. The van der Waals surface area contributed by atoms with Crippen LogP contribution in [0, 0.1) is 11.8 Å². The molecule has 0 aromatic heterocycles. The maximum atomic E-state index is 12.3. The summed E-state index contributed by atoms with van der Waals surface area (Å²) in [6.07, 6.45) is 3.46. The first-order valence-electron chi connectivity index (χ1n) is 6.88. The van der Waals surface area contributed by atoms with Crippen LogP contribution in [0.3, 0.4) is 0 Å². The van der Waals surface area contributed by atoms with Crippen molar-refractivity contribution < 1.29 is 4.79 Å². The molecule has 4 heteroatoms. The first kappa shape index (κ1) is 14.4. The molecule has 1 amide bonds. The molecule has 0 aliphatic heterocycles. The number of anilines is 1. The molecule has 1 saturated carbocycles. The summed E-state index contributed by atoms with van der Waals surface area (Å²) in [6.45, 7) is 4.45. The van der Waals surface area contributed by atoms with Crippen LogP contribution in [0.2, 0.25) is 0 Å². The molecule has 0 radical (unpaired) electrons. The summed E-state index contributed by atoms with van der Waals surface area (Å²) in [6, 6.07) is 5.65. The maximum absolute atomic E-state index is 12.3. The van der Waals surface area contributed by atoms with E-state index < -0.39 is 0 Å². The highest BCUT2D eigenvalue weighted by atomic mass is 79.9. The van der Waals surface area contributed by atoms with E-state index in [2.05, 4.69) is 35.1 Å². The Morgan fingerprint density at radius 3 is 2.84 bits per heavy atom. The molecule has 0 saturated heterocycles. The molecule has 1 fully saturated rings. The fourth-order valence-corrected chi connectivity index (χ4v) is 3.36. The zero-order chi connectivity index (χ0) is 14.0. The van der Waals surface area contributed by atoms with E-state index in [0.717, 1.165) is 16.8 Å². The van der Waals surface area contributed by atoms with E-state index in [1.807, 2.05) is 6.07 Å². The van der Waals surface area contributed by atoms with Crippen LogP contribution in [0.25, 0.3) is 0 Å². The molecule has 0 heterocycles. The lowest BCUT2D eigenvalue weighted by Gasteiger charge is -2.21. The summed E-state index contributed by atoms with van der Waals surface area (Å²) in [5.74, 6) is 1.21. The van der Waals surface area contributed by atoms with Gasteiger partial charge in [0.25, 0.3) is 5.91 Å². The third-order valence-corrected chi connectivity index (χ3v) is 4.82. The van der Waals surface area contributed by atoms with Gasteiger partial charge in [-0.05, 0) is 42.9 Å². The average Bonchev–Trinajstić information content (AvgIpc) is 2.73. The molecule has 0 spiro atoms. The molecule has 3 nitrogen and oxygen atoms in total. The lowest BCUT2D eigenvalue weighted by atomic mass is 9.93. The van der Waals surface area contributed by atoms with Crippen molar-refractivity contribution in [1.82, 2.24) is 5.32 Å². The number of amides is 1. The number of nitrogens with one attached hydrogen (secondary N) is 1. The summed E-state index contributed by atoms with van der Waals surface area (Å²) < 4.78 is 0.873. The predicted molar refractivity (Wildman–Crippen MR) is 82.0 cm³/mol. The molecule has 19 heavy (non-hydrogen) atoms. The minimum atomic E-state index is -0.0626. The summed E-state index contributed by atoms with van der Waals surface area (Å²) in [5, 5.41) is 3.14. The van der Waals surface area contributed by atoms with Crippen LogP contribution in [-0.4, -0.2) is 11.9 Å². The highest BCUT2D eigenvalue weighted by molar-refractivity contribution is 9.10. The van der Waals surface area contributed by atoms with Gasteiger partial charge in [-0.2, -0.15) is 0 Å². The number of carbonyl (C=O) groups is 1. The number of benzene rings is 1. The second kappa shape index (κ2) is 5.95. The minimum Gasteiger partial charge on any atom is -0.398 e. The number of halogens is 1. The fourth-order valence-electron chi connectivity index (χ4n) is 3.00. The SMILES string of the molecule is CCC1CCC(NC(=O)c2cc(Br)ccc2N)C1C. The number of hydrogen-bond donors (Lipinski definition) is 2. The van der Waals surface area contributed by atoms with Crippen molar-refractivity contribution >= 4 is 27.5 Å². The van der Waals surface area contributed by atoms with E-state index in [4.69, 9.17) is 5.73 Å². The van der Waals surface area contributed by atoms with Gasteiger partial charge in [0.2, 0.25) is 0 Å². The van der Waals surface area contributed by atoms with E-state index >= 15 is 0 Å². The molecular weight excluding hydrogens is 304 g/mol. The summed E-state index contributed by atoms with van der Waals surface area (Å²) in [5.41, 5.74) is 6.95. The Labute approximate surface area is 123 Å². The highest BCUT2D eigenvalue weighted by Gasteiger charge is 2.32. The van der Waals surface area contributed by atoms with E-state index in [-0.39, 0.29) is 11.9 Å². The van der Waals surface area contributed by atoms with Crippen LogP contribution in [-0.2, 0) is 0 Å². The minimum absolute atomic E-state index is 0.0626. The van der Waals surface area contributed by atoms with Crippen molar-refractivity contribution in [2.24, 2.45) is 11.8 Å². The van der Waals surface area contributed by atoms with Crippen molar-refractivity contribution in [2.45, 2.75) is 39.2 Å². The maximum Gasteiger partial charge on any atom is 0.253 e. The largest absolute Gasteiger partial charge is 0.398 e. The molecule has 1 aliphatic rings. The van der Waals surface area contributed by atoms with Crippen LogP contribution in [0.15, 0.2) is 22.7 Å². The Morgan fingerprint density at radius 2 is 2.21 bits per heavy atom. The van der Waals surface area contributed by atoms with Crippen molar-refractivity contribution in [3.63, 3.8) is 0 Å². The zero-order valence-electron chi connectivity index (χ0n) is 11.4. The van der Waals surface area contributed by atoms with E-state index in [1.54, 1.807) is 12.1 Å². The average molecular weight is 325 g/mol. The van der Waals surface area contributed by atoms with Crippen molar-refractivity contribution in [3.8, 4) is 0 Å². The van der Waals surface area contributed by atoms with Gasteiger partial charge >= 0.3 is 0 Å². The highest BCUT2D eigenvalue weighted by Crippen LogP contribution is 2.34. The molecule has 3 atom stereocenters. The summed E-state index contributed by atoms with van der Waals surface area (Å²) in [4.78, 5) is 12.3. The predicted octanol–water partition coefficient (Wildman–Crippen LogP) is 3.59. The Hall–Kier alpha value is -1.03. The Morgan fingerprint density at radius 1 is 1.47 bits per heavy atom. The number of rotatable bonds is 3. The van der Waals surface area contributed by atoms with Gasteiger partial charge in [-0.3, -0.25) is 4.79 Å². The monoisotopic (exact) mass is 324 g/mol. The molecule has 3 N–H and O–H groups in total. The van der Waals surface area contributed by atoms with Crippen LogP contribution < -0.4 is 11.1 Å². The molecule has 1 aliphatic carbocycles. The Bertz CT molecular complexity index is 475. The lowest BCUT2D eigenvalue weighted by molar-refractivity contribution is 0.0927. The number of hydrogen-bond acceptors (Lipinski definition) is 2. The van der Waals surface area contributed by atoms with Gasteiger partial charge in [-0.15, -0.1) is 0 Å². The van der Waals surface area contributed by atoms with E-state index in [0.29, 0.717) is 17.2 Å². The van der Waals surface area contributed by atoms with Gasteiger partial charge in [0.1, 0.15) is 0 Å². The van der Waals surface area contributed by atoms with Gasteiger partial charge in [0, 0.05) is 16.2 Å².